The van der Waals surface area contributed by atoms with Crippen molar-refractivity contribution in [1.82, 2.24) is 15.1 Å². The van der Waals surface area contributed by atoms with Gasteiger partial charge in [-0.2, -0.15) is 5.10 Å². The molecule has 6 nitrogen and oxygen atoms in total. The van der Waals surface area contributed by atoms with E-state index in [1.165, 1.54) is 6.07 Å². The van der Waals surface area contributed by atoms with E-state index in [1.54, 1.807) is 29.2 Å². The number of ether oxygens (including phenoxy) is 1. The highest BCUT2D eigenvalue weighted by Crippen LogP contribution is 2.45. The molecular weight excluding hydrogens is 440 g/mol. The number of alkyl halides is 1. The van der Waals surface area contributed by atoms with Crippen LogP contribution in [0.5, 0.6) is 0 Å². The van der Waals surface area contributed by atoms with Crippen LogP contribution in [0.3, 0.4) is 0 Å². The van der Waals surface area contributed by atoms with E-state index in [0.717, 1.165) is 36.6 Å². The van der Waals surface area contributed by atoms with Gasteiger partial charge in [-0.3, -0.25) is 9.59 Å². The minimum Gasteiger partial charge on any atom is -0.376 e. The fourth-order valence-corrected chi connectivity index (χ4v) is 5.32. The molecule has 1 aliphatic carbocycles. The summed E-state index contributed by atoms with van der Waals surface area (Å²) in [5.74, 6) is -0.850. The molecule has 1 N–H and O–H groups in total. The van der Waals surface area contributed by atoms with Gasteiger partial charge in [0.1, 0.15) is 12.5 Å². The summed E-state index contributed by atoms with van der Waals surface area (Å²) in [5.41, 5.74) is 1.27. The molecule has 1 saturated heterocycles. The van der Waals surface area contributed by atoms with Crippen LogP contribution in [-0.4, -0.2) is 53.5 Å². The number of hydrogen-bond acceptors (Lipinski definition) is 4. The van der Waals surface area contributed by atoms with Crippen LogP contribution in [0.2, 0.25) is 0 Å². The molecule has 3 aromatic rings. The number of hydrogen-bond donors (Lipinski definition) is 1. The summed E-state index contributed by atoms with van der Waals surface area (Å²) in [7, 11) is 0. The molecule has 0 unspecified atom stereocenters. The number of likely N-dealkylation sites (tertiary alicyclic amines) is 1. The lowest BCUT2D eigenvalue weighted by Crippen LogP contribution is -2.60. The zero-order valence-corrected chi connectivity index (χ0v) is 18.9. The number of halogens is 2. The van der Waals surface area contributed by atoms with Crippen LogP contribution in [0.15, 0.2) is 47.3 Å². The summed E-state index contributed by atoms with van der Waals surface area (Å²) >= 11 is 0. The maximum atomic E-state index is 14.6. The number of amides is 1. The van der Waals surface area contributed by atoms with Crippen molar-refractivity contribution < 1.29 is 18.3 Å². The van der Waals surface area contributed by atoms with Gasteiger partial charge in [0.25, 0.3) is 11.5 Å². The van der Waals surface area contributed by atoms with Gasteiger partial charge in [-0.15, -0.1) is 0 Å². The van der Waals surface area contributed by atoms with E-state index in [-0.39, 0.29) is 35.2 Å². The SMILES string of the molecule is O=C(c1cc(Cc2n[nH]c(=O)c3ccccc23)ccc1F)N1CC2(CCC(OCCF)CC2)C1. The third-order valence-electron chi connectivity index (χ3n) is 7.17. The third kappa shape index (κ3) is 4.34. The fraction of sp³-hybridized carbons (Fsp3) is 0.423. The van der Waals surface area contributed by atoms with Gasteiger partial charge in [0, 0.05) is 30.3 Å². The van der Waals surface area contributed by atoms with Crippen molar-refractivity contribution in [3.8, 4) is 0 Å². The number of carbonyl (C=O) groups excluding carboxylic acids is 1. The molecule has 2 aromatic carbocycles. The summed E-state index contributed by atoms with van der Waals surface area (Å²) in [6, 6.07) is 11.8. The van der Waals surface area contributed by atoms with Gasteiger partial charge < -0.3 is 9.64 Å². The standard InChI is InChI=1S/C26H27F2N3O3/c27-11-12-34-18-7-9-26(10-8-18)15-31(16-26)25(33)21-13-17(5-6-22(21)28)14-23-19-3-1-2-4-20(19)24(32)30-29-23/h1-6,13,18H,7-12,14-16H2,(H,30,32). The van der Waals surface area contributed by atoms with Crippen molar-refractivity contribution in [2.24, 2.45) is 5.41 Å². The molecule has 2 fully saturated rings. The number of nitrogens with zero attached hydrogens (tertiary/aromatic N) is 2. The Morgan fingerprint density at radius 1 is 1.15 bits per heavy atom. The first-order chi connectivity index (χ1) is 16.5. The van der Waals surface area contributed by atoms with Crippen LogP contribution in [0.1, 0.15) is 47.3 Å². The quantitative estimate of drug-likeness (QED) is 0.594. The van der Waals surface area contributed by atoms with E-state index in [4.69, 9.17) is 4.74 Å². The second kappa shape index (κ2) is 9.25. The Morgan fingerprint density at radius 3 is 2.62 bits per heavy atom. The third-order valence-corrected chi connectivity index (χ3v) is 7.17. The first-order valence-electron chi connectivity index (χ1n) is 11.7. The molecule has 5 rings (SSSR count). The minimum atomic E-state index is -0.544. The molecule has 2 aliphatic rings. The highest BCUT2D eigenvalue weighted by molar-refractivity contribution is 5.95. The predicted molar refractivity (Wildman–Crippen MR) is 124 cm³/mol. The normalized spacial score (nSPS) is 17.8. The zero-order valence-electron chi connectivity index (χ0n) is 18.9. The summed E-state index contributed by atoms with van der Waals surface area (Å²) in [5, 5.41) is 7.98. The number of H-pyrrole nitrogens is 1. The Hall–Kier alpha value is -3.13. The van der Waals surface area contributed by atoms with E-state index in [9.17, 15) is 18.4 Å². The minimum absolute atomic E-state index is 0.0565. The molecule has 1 aliphatic heterocycles. The molecule has 1 aromatic heterocycles. The summed E-state index contributed by atoms with van der Waals surface area (Å²) in [4.78, 5) is 26.8. The Balaban J connectivity index is 1.28. The number of carbonyl (C=O) groups is 1. The van der Waals surface area contributed by atoms with Gasteiger partial charge in [-0.1, -0.05) is 24.3 Å². The summed E-state index contributed by atoms with van der Waals surface area (Å²) in [6.07, 6.45) is 4.06. The second-order valence-corrected chi connectivity index (χ2v) is 9.46. The Bertz CT molecular complexity index is 1260. The molecule has 0 bridgehead atoms. The van der Waals surface area contributed by atoms with Crippen LogP contribution in [-0.2, 0) is 11.2 Å². The Morgan fingerprint density at radius 2 is 1.88 bits per heavy atom. The first kappa shape index (κ1) is 22.7. The fourth-order valence-electron chi connectivity index (χ4n) is 5.32. The maximum absolute atomic E-state index is 14.6. The molecule has 8 heteroatoms. The number of aromatic nitrogens is 2. The number of rotatable bonds is 6. The highest BCUT2D eigenvalue weighted by Gasteiger charge is 2.47. The van der Waals surface area contributed by atoms with E-state index in [2.05, 4.69) is 10.2 Å². The van der Waals surface area contributed by atoms with Gasteiger partial charge >= 0.3 is 0 Å². The van der Waals surface area contributed by atoms with Crippen LogP contribution in [0.4, 0.5) is 8.78 Å². The van der Waals surface area contributed by atoms with Crippen LogP contribution < -0.4 is 5.56 Å². The lowest BCUT2D eigenvalue weighted by molar-refractivity contribution is -0.0605. The molecule has 0 atom stereocenters. The van der Waals surface area contributed by atoms with Crippen LogP contribution in [0, 0.1) is 11.2 Å². The second-order valence-electron chi connectivity index (χ2n) is 9.46. The van der Waals surface area contributed by atoms with Gasteiger partial charge in [0.05, 0.1) is 29.4 Å². The Labute approximate surface area is 195 Å². The van der Waals surface area contributed by atoms with Crippen molar-refractivity contribution >= 4 is 16.7 Å². The summed E-state index contributed by atoms with van der Waals surface area (Å²) in [6.45, 7) is 0.889. The summed E-state index contributed by atoms with van der Waals surface area (Å²) < 4.78 is 32.5. The molecular formula is C26H27F2N3O3. The highest BCUT2D eigenvalue weighted by atomic mass is 19.1. The van der Waals surface area contributed by atoms with Gasteiger partial charge in [-0.05, 0) is 49.4 Å². The molecule has 2 heterocycles. The van der Waals surface area contributed by atoms with Crippen molar-refractivity contribution in [2.75, 3.05) is 26.4 Å². The van der Waals surface area contributed by atoms with E-state index in [1.807, 2.05) is 12.1 Å². The number of aromatic amines is 1. The average Bonchev–Trinajstić information content (AvgIpc) is 2.84. The number of benzene rings is 2. The van der Waals surface area contributed by atoms with Crippen molar-refractivity contribution in [3.05, 3.63) is 75.5 Å². The number of nitrogens with one attached hydrogen (secondary N) is 1. The van der Waals surface area contributed by atoms with Gasteiger partial charge in [0.15, 0.2) is 0 Å². The first-order valence-corrected chi connectivity index (χ1v) is 11.7. The van der Waals surface area contributed by atoms with E-state index in [0.29, 0.717) is 30.6 Å². The molecule has 0 radical (unpaired) electrons. The van der Waals surface area contributed by atoms with Crippen molar-refractivity contribution in [3.63, 3.8) is 0 Å². The van der Waals surface area contributed by atoms with E-state index < -0.39 is 12.5 Å². The van der Waals surface area contributed by atoms with Crippen LogP contribution in [0.25, 0.3) is 10.8 Å². The zero-order chi connectivity index (χ0) is 23.7. The lowest BCUT2D eigenvalue weighted by atomic mass is 9.67. The van der Waals surface area contributed by atoms with Gasteiger partial charge in [-0.25, -0.2) is 13.9 Å². The largest absolute Gasteiger partial charge is 0.376 e. The molecule has 178 valence electrons. The molecule has 34 heavy (non-hydrogen) atoms. The topological polar surface area (TPSA) is 75.3 Å². The molecule has 1 saturated carbocycles. The lowest BCUT2D eigenvalue weighted by Gasteiger charge is -2.53. The van der Waals surface area contributed by atoms with E-state index >= 15 is 0 Å². The average molecular weight is 468 g/mol. The predicted octanol–water partition coefficient (Wildman–Crippen LogP) is 4.02. The number of fused-ring (bicyclic) bond motifs is 1. The molecule has 1 amide bonds. The monoisotopic (exact) mass is 467 g/mol. The van der Waals surface area contributed by atoms with Crippen molar-refractivity contribution in [1.29, 1.82) is 0 Å². The maximum Gasteiger partial charge on any atom is 0.272 e. The van der Waals surface area contributed by atoms with Gasteiger partial charge in [0.2, 0.25) is 0 Å². The Kier molecular flexibility index (Phi) is 6.16. The van der Waals surface area contributed by atoms with Crippen molar-refractivity contribution in [2.45, 2.75) is 38.2 Å². The van der Waals surface area contributed by atoms with Crippen LogP contribution >= 0.6 is 0 Å². The smallest absolute Gasteiger partial charge is 0.272 e. The molecule has 1 spiro atoms.